The second kappa shape index (κ2) is 11.5. The molecule has 0 spiro atoms. The summed E-state index contributed by atoms with van der Waals surface area (Å²) in [6.07, 6.45) is 1.94. The zero-order valence-electron chi connectivity index (χ0n) is 21.6. The average molecular weight is 515 g/mol. The Labute approximate surface area is 228 Å². The average Bonchev–Trinajstić information content (AvgIpc) is 2.99. The lowest BCUT2D eigenvalue weighted by atomic mass is 9.98. The van der Waals surface area contributed by atoms with Gasteiger partial charge in [-0.1, -0.05) is 78.9 Å². The molecule has 1 aromatic heterocycles. The summed E-state index contributed by atoms with van der Waals surface area (Å²) in [5.41, 5.74) is 6.91. The number of morpholine rings is 1. The van der Waals surface area contributed by atoms with E-state index in [9.17, 15) is 4.79 Å². The van der Waals surface area contributed by atoms with Crippen LogP contribution in [0.25, 0.3) is 33.0 Å². The zero-order valence-corrected chi connectivity index (χ0v) is 21.6. The minimum absolute atomic E-state index is 0.283. The number of amides is 2. The first-order valence-electron chi connectivity index (χ1n) is 13.2. The summed E-state index contributed by atoms with van der Waals surface area (Å²) in [4.78, 5) is 20.0. The Morgan fingerprint density at radius 3 is 2.15 bits per heavy atom. The van der Waals surface area contributed by atoms with E-state index in [-0.39, 0.29) is 6.03 Å². The van der Waals surface area contributed by atoms with Crippen LogP contribution < -0.4 is 10.6 Å². The van der Waals surface area contributed by atoms with Gasteiger partial charge in [0, 0.05) is 42.5 Å². The van der Waals surface area contributed by atoms with Crippen LogP contribution in [0, 0.1) is 0 Å². The minimum Gasteiger partial charge on any atom is -0.379 e. The van der Waals surface area contributed by atoms with Crippen LogP contribution in [0.3, 0.4) is 0 Å². The lowest BCUT2D eigenvalue weighted by Gasteiger charge is -2.26. The normalized spacial score (nSPS) is 13.7. The molecule has 0 aliphatic carbocycles. The number of rotatable bonds is 6. The first-order chi connectivity index (χ1) is 19.2. The van der Waals surface area contributed by atoms with Crippen molar-refractivity contribution in [2.75, 3.05) is 36.9 Å². The van der Waals surface area contributed by atoms with Gasteiger partial charge in [0.2, 0.25) is 0 Å². The van der Waals surface area contributed by atoms with Gasteiger partial charge in [-0.25, -0.2) is 4.79 Å². The summed E-state index contributed by atoms with van der Waals surface area (Å²) >= 11 is 0. The quantitative estimate of drug-likeness (QED) is 0.255. The topological polar surface area (TPSA) is 66.5 Å². The predicted octanol–water partition coefficient (Wildman–Crippen LogP) is 7.05. The summed E-state index contributed by atoms with van der Waals surface area (Å²) in [5, 5.41) is 8.01. The van der Waals surface area contributed by atoms with E-state index >= 15 is 0 Å². The minimum atomic E-state index is -0.283. The molecule has 2 N–H and O–H groups in total. The molecular weight excluding hydrogens is 484 g/mol. The van der Waals surface area contributed by atoms with Crippen LogP contribution in [0.1, 0.15) is 5.69 Å². The number of urea groups is 1. The van der Waals surface area contributed by atoms with E-state index in [1.165, 1.54) is 0 Å². The second-order valence-corrected chi connectivity index (χ2v) is 9.66. The van der Waals surface area contributed by atoms with Crippen molar-refractivity contribution in [2.24, 2.45) is 0 Å². The SMILES string of the molecule is O=C(Nc1ccc(-c2ccccc2)cc1)Nc1ccc(-c2ccc(CN3CCOCC3)nc2)c2ccccc12. The highest BCUT2D eigenvalue weighted by Gasteiger charge is 2.13. The van der Waals surface area contributed by atoms with Gasteiger partial charge >= 0.3 is 6.03 Å². The van der Waals surface area contributed by atoms with Crippen molar-refractivity contribution in [2.45, 2.75) is 6.54 Å². The molecule has 0 radical (unpaired) electrons. The summed E-state index contributed by atoms with van der Waals surface area (Å²) in [6, 6.07) is 34.1. The van der Waals surface area contributed by atoms with Crippen molar-refractivity contribution >= 4 is 28.2 Å². The molecule has 5 aromatic rings. The summed E-state index contributed by atoms with van der Waals surface area (Å²) < 4.78 is 5.45. The molecule has 4 aromatic carbocycles. The molecule has 1 fully saturated rings. The molecule has 0 bridgehead atoms. The van der Waals surface area contributed by atoms with E-state index in [2.05, 4.69) is 45.9 Å². The number of ether oxygens (including phenoxy) is 1. The van der Waals surface area contributed by atoms with Gasteiger partial charge < -0.3 is 15.4 Å². The Hall–Kier alpha value is -4.52. The highest BCUT2D eigenvalue weighted by Crippen LogP contribution is 2.33. The van der Waals surface area contributed by atoms with E-state index in [1.54, 1.807) is 0 Å². The molecule has 194 valence electrons. The van der Waals surface area contributed by atoms with Crippen LogP contribution in [0.5, 0.6) is 0 Å². The van der Waals surface area contributed by atoms with Gasteiger partial charge in [0.15, 0.2) is 0 Å². The van der Waals surface area contributed by atoms with Crippen molar-refractivity contribution < 1.29 is 9.53 Å². The fourth-order valence-corrected chi connectivity index (χ4v) is 4.99. The van der Waals surface area contributed by atoms with E-state index in [4.69, 9.17) is 9.72 Å². The Kier molecular flexibility index (Phi) is 7.30. The first-order valence-corrected chi connectivity index (χ1v) is 13.2. The molecule has 2 heterocycles. The van der Waals surface area contributed by atoms with Crippen molar-refractivity contribution in [3.05, 3.63) is 115 Å². The Morgan fingerprint density at radius 1 is 0.718 bits per heavy atom. The third-order valence-corrected chi connectivity index (χ3v) is 7.05. The van der Waals surface area contributed by atoms with Gasteiger partial charge in [-0.15, -0.1) is 0 Å². The number of carbonyl (C=O) groups is 1. The third-order valence-electron chi connectivity index (χ3n) is 7.05. The van der Waals surface area contributed by atoms with Gasteiger partial charge in [-0.3, -0.25) is 9.88 Å². The standard InChI is InChI=1S/C33H30N4O2/c38-33(35-27-13-10-25(11-14-27)24-6-2-1-3-7-24)36-32-17-16-29(30-8-4-5-9-31(30)32)26-12-15-28(34-22-26)23-37-18-20-39-21-19-37/h1-17,22H,18-21,23H2,(H2,35,36,38). The van der Waals surface area contributed by atoms with Gasteiger partial charge in [0.05, 0.1) is 24.6 Å². The number of aromatic nitrogens is 1. The fourth-order valence-electron chi connectivity index (χ4n) is 4.99. The smallest absolute Gasteiger partial charge is 0.323 e. The van der Waals surface area contributed by atoms with E-state index < -0.39 is 0 Å². The Morgan fingerprint density at radius 2 is 1.41 bits per heavy atom. The first kappa shape index (κ1) is 24.8. The second-order valence-electron chi connectivity index (χ2n) is 9.66. The van der Waals surface area contributed by atoms with Gasteiger partial charge in [0.1, 0.15) is 0 Å². The van der Waals surface area contributed by atoms with Gasteiger partial charge in [-0.2, -0.15) is 0 Å². The molecule has 0 unspecified atom stereocenters. The van der Waals surface area contributed by atoms with Crippen LogP contribution in [0.4, 0.5) is 16.2 Å². The number of nitrogens with zero attached hydrogens (tertiary/aromatic N) is 2. The summed E-state index contributed by atoms with van der Waals surface area (Å²) in [5.74, 6) is 0. The Bertz CT molecular complexity index is 1560. The van der Waals surface area contributed by atoms with E-state index in [0.29, 0.717) is 0 Å². The summed E-state index contributed by atoms with van der Waals surface area (Å²) in [7, 11) is 0. The number of anilines is 2. The monoisotopic (exact) mass is 514 g/mol. The number of carbonyl (C=O) groups excluding carboxylic acids is 1. The number of pyridine rings is 1. The van der Waals surface area contributed by atoms with Crippen molar-refractivity contribution in [1.82, 2.24) is 9.88 Å². The number of nitrogens with one attached hydrogen (secondary N) is 2. The maximum Gasteiger partial charge on any atom is 0.323 e. The zero-order chi connectivity index (χ0) is 26.4. The predicted molar refractivity (Wildman–Crippen MR) is 158 cm³/mol. The number of hydrogen-bond acceptors (Lipinski definition) is 4. The lowest BCUT2D eigenvalue weighted by Crippen LogP contribution is -2.35. The number of benzene rings is 4. The van der Waals surface area contributed by atoms with Crippen LogP contribution in [0.2, 0.25) is 0 Å². The van der Waals surface area contributed by atoms with Gasteiger partial charge in [-0.05, 0) is 46.3 Å². The molecule has 0 atom stereocenters. The molecule has 1 aliphatic rings. The molecular formula is C33H30N4O2. The van der Waals surface area contributed by atoms with Crippen molar-refractivity contribution in [3.63, 3.8) is 0 Å². The lowest BCUT2D eigenvalue weighted by molar-refractivity contribution is 0.0336. The number of fused-ring (bicyclic) bond motifs is 1. The van der Waals surface area contributed by atoms with Crippen LogP contribution in [-0.2, 0) is 11.3 Å². The van der Waals surface area contributed by atoms with Crippen molar-refractivity contribution in [1.29, 1.82) is 0 Å². The maximum atomic E-state index is 12.9. The highest BCUT2D eigenvalue weighted by molar-refractivity contribution is 6.09. The molecule has 6 heteroatoms. The van der Waals surface area contributed by atoms with Gasteiger partial charge in [0.25, 0.3) is 0 Å². The number of hydrogen-bond donors (Lipinski definition) is 2. The molecule has 2 amide bonds. The molecule has 0 saturated carbocycles. The molecule has 1 aliphatic heterocycles. The molecule has 1 saturated heterocycles. The Balaban J connectivity index is 1.17. The highest BCUT2D eigenvalue weighted by atomic mass is 16.5. The van der Waals surface area contributed by atoms with Crippen molar-refractivity contribution in [3.8, 4) is 22.3 Å². The van der Waals surface area contributed by atoms with E-state index in [0.717, 1.165) is 82.9 Å². The molecule has 6 nitrogen and oxygen atoms in total. The molecule has 6 rings (SSSR count). The van der Waals surface area contributed by atoms with Crippen LogP contribution in [0.15, 0.2) is 109 Å². The van der Waals surface area contributed by atoms with Crippen LogP contribution >= 0.6 is 0 Å². The van der Waals surface area contributed by atoms with E-state index in [1.807, 2.05) is 79.0 Å². The largest absolute Gasteiger partial charge is 0.379 e. The third kappa shape index (κ3) is 5.82. The summed E-state index contributed by atoms with van der Waals surface area (Å²) in [6.45, 7) is 4.27. The van der Waals surface area contributed by atoms with Crippen LogP contribution in [-0.4, -0.2) is 42.2 Å². The fraction of sp³-hybridized carbons (Fsp3) is 0.152. The molecule has 39 heavy (non-hydrogen) atoms. The maximum absolute atomic E-state index is 12.9.